The summed E-state index contributed by atoms with van der Waals surface area (Å²) in [5, 5.41) is 36.8. The summed E-state index contributed by atoms with van der Waals surface area (Å²) in [6.07, 6.45) is 3.75. The maximum absolute atomic E-state index is 13.1. The third-order valence-electron chi connectivity index (χ3n) is 11.1. The summed E-state index contributed by atoms with van der Waals surface area (Å²) in [5.74, 6) is -4.63. The summed E-state index contributed by atoms with van der Waals surface area (Å²) in [6.45, 7) is 1.89. The van der Waals surface area contributed by atoms with Gasteiger partial charge in [0.1, 0.15) is 11.6 Å². The molecule has 8 rings (SSSR count). The Hall–Kier alpha value is -7.82. The van der Waals surface area contributed by atoms with E-state index < -0.39 is 23.9 Å². The number of halogens is 2. The molecule has 0 radical (unpaired) electrons. The lowest BCUT2D eigenvalue weighted by atomic mass is 9.89. The molecule has 0 bridgehead atoms. The average molecular weight is 935 g/mol. The first-order valence-electron chi connectivity index (χ1n) is 21.2. The maximum atomic E-state index is 13.1. The molecule has 2 heterocycles. The fourth-order valence-corrected chi connectivity index (χ4v) is 7.72. The van der Waals surface area contributed by atoms with Crippen LogP contribution >= 0.6 is 0 Å². The van der Waals surface area contributed by atoms with Crippen LogP contribution in [-0.2, 0) is 44.9 Å². The lowest BCUT2D eigenvalue weighted by molar-refractivity contribution is -0.159. The van der Waals surface area contributed by atoms with Crippen LogP contribution in [0.1, 0.15) is 45.5 Å². The highest BCUT2D eigenvalue weighted by Gasteiger charge is 2.24. The maximum Gasteiger partial charge on any atom is 0.414 e. The minimum Gasteiger partial charge on any atom is -0.493 e. The number of carboxylic acid groups (broad SMARTS) is 4. The van der Waals surface area contributed by atoms with Gasteiger partial charge in [-0.3, -0.25) is 0 Å². The summed E-state index contributed by atoms with van der Waals surface area (Å²) in [4.78, 5) is 36.4. The largest absolute Gasteiger partial charge is 0.493 e. The van der Waals surface area contributed by atoms with Crippen LogP contribution in [0.25, 0.3) is 22.3 Å². The van der Waals surface area contributed by atoms with Gasteiger partial charge in [0.25, 0.3) is 0 Å². The number of benzene rings is 6. The van der Waals surface area contributed by atoms with Crippen molar-refractivity contribution in [3.05, 3.63) is 166 Å². The van der Waals surface area contributed by atoms with Crippen molar-refractivity contribution < 1.29 is 67.3 Å². The molecule has 6 aromatic rings. The van der Waals surface area contributed by atoms with Gasteiger partial charge in [0.05, 0.1) is 28.4 Å². The highest BCUT2D eigenvalue weighted by Crippen LogP contribution is 2.38. The monoisotopic (exact) mass is 934 g/mol. The molecule has 0 aromatic heterocycles. The fraction of sp³-hybridized carbons (Fsp3) is 0.231. The number of nitrogens with one attached hydrogen (secondary N) is 2. The first-order valence-corrected chi connectivity index (χ1v) is 21.2. The predicted octanol–water partition coefficient (Wildman–Crippen LogP) is 8.19. The van der Waals surface area contributed by atoms with E-state index >= 15 is 0 Å². The van der Waals surface area contributed by atoms with Crippen LogP contribution in [0.15, 0.2) is 121 Å². The molecule has 16 heteroatoms. The van der Waals surface area contributed by atoms with Gasteiger partial charge in [-0.15, -0.1) is 0 Å². The molecular formula is C52H52F2N2O12. The van der Waals surface area contributed by atoms with Crippen molar-refractivity contribution in [1.82, 2.24) is 10.6 Å². The van der Waals surface area contributed by atoms with E-state index in [9.17, 15) is 8.78 Å². The molecule has 0 amide bonds. The Morgan fingerprint density at radius 3 is 0.985 bits per heavy atom. The number of ether oxygens (including phenoxy) is 4. The highest BCUT2D eigenvalue weighted by molar-refractivity contribution is 6.27. The van der Waals surface area contributed by atoms with Gasteiger partial charge in [0.15, 0.2) is 23.0 Å². The number of methoxy groups -OCH3 is 4. The molecule has 14 nitrogen and oxygen atoms in total. The highest BCUT2D eigenvalue weighted by atomic mass is 19.1. The SMILES string of the molecule is COc1cc2c(cc1OC)C(Cc1ccc(-c3ccc(F)cc3)cc1)NCC2.COc1cc2c(cc1OC)C(Cc1ccc(-c3ccc(F)cc3)cc1)NCC2.O=C(O)C(=O)O.O=C(O)C(=O)O. The van der Waals surface area contributed by atoms with E-state index in [1.807, 2.05) is 24.3 Å². The van der Waals surface area contributed by atoms with Crippen molar-refractivity contribution in [1.29, 1.82) is 0 Å². The second kappa shape index (κ2) is 24.6. The predicted molar refractivity (Wildman–Crippen MR) is 250 cm³/mol. The number of hydrogen-bond donors (Lipinski definition) is 6. The van der Waals surface area contributed by atoms with E-state index in [1.54, 1.807) is 28.4 Å². The summed E-state index contributed by atoms with van der Waals surface area (Å²) in [7, 11) is 6.68. The van der Waals surface area contributed by atoms with Crippen molar-refractivity contribution in [2.75, 3.05) is 41.5 Å². The van der Waals surface area contributed by atoms with Crippen molar-refractivity contribution in [2.24, 2.45) is 0 Å². The van der Waals surface area contributed by atoms with Crippen LogP contribution in [0.3, 0.4) is 0 Å². The number of rotatable bonds is 10. The quantitative estimate of drug-likeness (QED) is 0.0716. The van der Waals surface area contributed by atoms with Gasteiger partial charge in [-0.2, -0.15) is 0 Å². The van der Waals surface area contributed by atoms with Gasteiger partial charge in [-0.05, 0) is 143 Å². The molecule has 356 valence electrons. The fourth-order valence-electron chi connectivity index (χ4n) is 7.72. The van der Waals surface area contributed by atoms with Gasteiger partial charge in [-0.25, -0.2) is 28.0 Å². The molecule has 68 heavy (non-hydrogen) atoms. The Labute approximate surface area is 391 Å². The van der Waals surface area contributed by atoms with Crippen LogP contribution in [0.5, 0.6) is 23.0 Å². The zero-order chi connectivity index (χ0) is 49.3. The number of aliphatic carboxylic acids is 4. The molecule has 0 fully saturated rings. The molecule has 2 aliphatic rings. The molecule has 0 spiro atoms. The molecule has 6 aromatic carbocycles. The van der Waals surface area contributed by atoms with E-state index in [1.165, 1.54) is 57.6 Å². The summed E-state index contributed by atoms with van der Waals surface area (Å²) >= 11 is 0. The molecule has 6 N–H and O–H groups in total. The normalized spacial score (nSPS) is 14.3. The third kappa shape index (κ3) is 14.1. The topological polar surface area (TPSA) is 210 Å². The smallest absolute Gasteiger partial charge is 0.414 e. The molecule has 2 atom stereocenters. The molecular weight excluding hydrogens is 883 g/mol. The zero-order valence-electron chi connectivity index (χ0n) is 37.8. The van der Waals surface area contributed by atoms with Crippen LogP contribution in [-0.4, -0.2) is 85.8 Å². The van der Waals surface area contributed by atoms with Crippen molar-refractivity contribution in [3.63, 3.8) is 0 Å². The van der Waals surface area contributed by atoms with Gasteiger partial charge in [0, 0.05) is 12.1 Å². The van der Waals surface area contributed by atoms with Crippen LogP contribution < -0.4 is 29.6 Å². The third-order valence-corrected chi connectivity index (χ3v) is 11.1. The molecule has 2 aliphatic heterocycles. The van der Waals surface area contributed by atoms with E-state index in [4.69, 9.17) is 58.6 Å². The minimum atomic E-state index is -1.82. The summed E-state index contributed by atoms with van der Waals surface area (Å²) in [5.41, 5.74) is 11.9. The van der Waals surface area contributed by atoms with E-state index in [-0.39, 0.29) is 23.7 Å². The summed E-state index contributed by atoms with van der Waals surface area (Å²) in [6, 6.07) is 39.1. The number of carbonyl (C=O) groups is 4. The summed E-state index contributed by atoms with van der Waals surface area (Å²) < 4.78 is 48.1. The molecule has 0 saturated heterocycles. The van der Waals surface area contributed by atoms with Gasteiger partial charge < -0.3 is 50.0 Å². The molecule has 2 unspecified atom stereocenters. The van der Waals surface area contributed by atoms with Gasteiger partial charge in [0.2, 0.25) is 0 Å². The average Bonchev–Trinajstić information content (AvgIpc) is 3.35. The number of carboxylic acids is 4. The Morgan fingerprint density at radius 2 is 0.721 bits per heavy atom. The van der Waals surface area contributed by atoms with Crippen molar-refractivity contribution in [3.8, 4) is 45.3 Å². The Kier molecular flexibility index (Phi) is 18.5. The molecule has 0 saturated carbocycles. The Morgan fingerprint density at radius 1 is 0.456 bits per heavy atom. The van der Waals surface area contributed by atoms with E-state index in [0.29, 0.717) is 0 Å². The van der Waals surface area contributed by atoms with Gasteiger partial charge in [-0.1, -0.05) is 72.8 Å². The lowest BCUT2D eigenvalue weighted by Crippen LogP contribution is -2.31. The lowest BCUT2D eigenvalue weighted by Gasteiger charge is -2.28. The van der Waals surface area contributed by atoms with E-state index in [0.717, 1.165) is 84.0 Å². The van der Waals surface area contributed by atoms with Crippen LogP contribution in [0.4, 0.5) is 8.78 Å². The second-order valence-corrected chi connectivity index (χ2v) is 15.4. The second-order valence-electron chi connectivity index (χ2n) is 15.4. The van der Waals surface area contributed by atoms with Crippen molar-refractivity contribution in [2.45, 2.75) is 37.8 Å². The minimum absolute atomic E-state index is 0.213. The van der Waals surface area contributed by atoms with Gasteiger partial charge >= 0.3 is 23.9 Å². The molecule has 0 aliphatic carbocycles. The van der Waals surface area contributed by atoms with Crippen LogP contribution in [0, 0.1) is 11.6 Å². The number of fused-ring (bicyclic) bond motifs is 2. The Balaban J connectivity index is 0.000000205. The first-order chi connectivity index (χ1) is 32.6. The van der Waals surface area contributed by atoms with Crippen LogP contribution in [0.2, 0.25) is 0 Å². The number of hydrogen-bond acceptors (Lipinski definition) is 10. The first kappa shape index (κ1) is 51.2. The van der Waals surface area contributed by atoms with E-state index in [2.05, 4.69) is 83.4 Å². The zero-order valence-corrected chi connectivity index (χ0v) is 37.8. The standard InChI is InChI=1S/2C24H24FNO2.2C2H2O4/c2*1-27-23-14-19-11-12-26-22(21(19)15-24(23)28-2)13-16-3-5-17(6-4-16)18-7-9-20(25)10-8-18;2*3-1(4)2(5)6/h2*3-10,14-15,22,26H,11-13H2,1-2H3;2*(H,3,4)(H,5,6). The Bertz CT molecular complexity index is 2450. The van der Waals surface area contributed by atoms with Crippen molar-refractivity contribution >= 4 is 23.9 Å².